The predicted molar refractivity (Wildman–Crippen MR) is 44.1 cm³/mol. The van der Waals surface area contributed by atoms with Crippen molar-refractivity contribution in [2.24, 2.45) is 0 Å². The smallest absolute Gasteiger partial charge is 0.398 e. The van der Waals surface area contributed by atoms with E-state index in [1.54, 1.807) is 0 Å². The number of hydrogen-bond acceptors (Lipinski definition) is 2. The van der Waals surface area contributed by atoms with E-state index >= 15 is 0 Å². The first-order valence-corrected chi connectivity index (χ1v) is 3.30. The van der Waals surface area contributed by atoms with Gasteiger partial charge in [-0.15, -0.1) is 28.3 Å². The first-order chi connectivity index (χ1) is 4.52. The SMILES string of the molecule is Br.Nc1ccsc1C(F)(F)F. The fraction of sp³-hybridized carbons (Fsp3) is 0.200. The molecule has 0 aliphatic rings. The van der Waals surface area contributed by atoms with E-state index in [4.69, 9.17) is 5.73 Å². The molecule has 0 unspecified atom stereocenters. The second-order valence-corrected chi connectivity index (χ2v) is 2.62. The van der Waals surface area contributed by atoms with Gasteiger partial charge in [-0.25, -0.2) is 0 Å². The average molecular weight is 248 g/mol. The summed E-state index contributed by atoms with van der Waals surface area (Å²) in [5.74, 6) is 0. The van der Waals surface area contributed by atoms with E-state index in [2.05, 4.69) is 0 Å². The fourth-order valence-corrected chi connectivity index (χ4v) is 1.24. The monoisotopic (exact) mass is 247 g/mol. The molecule has 0 spiro atoms. The van der Waals surface area contributed by atoms with Crippen LogP contribution in [0.25, 0.3) is 0 Å². The molecule has 11 heavy (non-hydrogen) atoms. The van der Waals surface area contributed by atoms with Crippen molar-refractivity contribution in [2.75, 3.05) is 5.73 Å². The molecule has 0 atom stereocenters. The summed E-state index contributed by atoms with van der Waals surface area (Å²) in [6, 6.07) is 1.24. The normalized spacial score (nSPS) is 10.8. The summed E-state index contributed by atoms with van der Waals surface area (Å²) in [5.41, 5.74) is 4.82. The van der Waals surface area contributed by atoms with Gasteiger partial charge in [-0.2, -0.15) is 13.2 Å². The van der Waals surface area contributed by atoms with E-state index in [9.17, 15) is 13.2 Å². The lowest BCUT2D eigenvalue weighted by molar-refractivity contribution is -0.133. The largest absolute Gasteiger partial charge is 0.427 e. The third-order valence-electron chi connectivity index (χ3n) is 0.953. The van der Waals surface area contributed by atoms with Crippen LogP contribution in [0.2, 0.25) is 0 Å². The van der Waals surface area contributed by atoms with Gasteiger partial charge < -0.3 is 5.73 Å². The number of hydrogen-bond donors (Lipinski definition) is 1. The molecular weight excluding hydrogens is 243 g/mol. The highest BCUT2D eigenvalue weighted by Crippen LogP contribution is 2.37. The Morgan fingerprint density at radius 1 is 1.36 bits per heavy atom. The number of alkyl halides is 3. The van der Waals surface area contributed by atoms with E-state index in [1.165, 1.54) is 11.4 Å². The Hall–Kier alpha value is -0.230. The second-order valence-electron chi connectivity index (χ2n) is 1.70. The molecule has 0 saturated carbocycles. The van der Waals surface area contributed by atoms with Crippen LogP contribution in [0.5, 0.6) is 0 Å². The van der Waals surface area contributed by atoms with Crippen LogP contribution in [-0.2, 0) is 6.18 Å². The maximum absolute atomic E-state index is 11.8. The van der Waals surface area contributed by atoms with Crippen molar-refractivity contribution in [2.45, 2.75) is 6.18 Å². The first kappa shape index (κ1) is 10.8. The molecule has 1 rings (SSSR count). The third kappa shape index (κ3) is 2.37. The van der Waals surface area contributed by atoms with Crippen LogP contribution in [0.1, 0.15) is 4.88 Å². The van der Waals surface area contributed by atoms with Gasteiger partial charge in [0.1, 0.15) is 4.88 Å². The molecule has 0 fully saturated rings. The summed E-state index contributed by atoms with van der Waals surface area (Å²) in [5, 5.41) is 1.32. The molecule has 1 nitrogen and oxygen atoms in total. The molecule has 1 aromatic rings. The lowest BCUT2D eigenvalue weighted by Crippen LogP contribution is -2.04. The summed E-state index contributed by atoms with van der Waals surface area (Å²) in [6.07, 6.45) is -4.29. The predicted octanol–water partition coefficient (Wildman–Crippen LogP) is 2.93. The van der Waals surface area contributed by atoms with Crippen LogP contribution in [0.3, 0.4) is 0 Å². The molecule has 0 aromatic carbocycles. The summed E-state index contributed by atoms with van der Waals surface area (Å²) in [7, 11) is 0. The van der Waals surface area contributed by atoms with Crippen molar-refractivity contribution in [3.63, 3.8) is 0 Å². The summed E-state index contributed by atoms with van der Waals surface area (Å²) in [4.78, 5) is -0.715. The zero-order chi connectivity index (χ0) is 7.78. The van der Waals surface area contributed by atoms with Crippen molar-refractivity contribution in [1.82, 2.24) is 0 Å². The van der Waals surface area contributed by atoms with Gasteiger partial charge in [0.2, 0.25) is 0 Å². The first-order valence-electron chi connectivity index (χ1n) is 2.42. The maximum atomic E-state index is 11.8. The van der Waals surface area contributed by atoms with Crippen LogP contribution in [0, 0.1) is 0 Å². The quantitative estimate of drug-likeness (QED) is 0.750. The Balaban J connectivity index is 0.000001000. The van der Waals surface area contributed by atoms with Crippen molar-refractivity contribution in [3.05, 3.63) is 16.3 Å². The van der Waals surface area contributed by atoms with Crippen molar-refractivity contribution in [1.29, 1.82) is 0 Å². The minimum Gasteiger partial charge on any atom is -0.398 e. The van der Waals surface area contributed by atoms with Crippen LogP contribution < -0.4 is 5.73 Å². The van der Waals surface area contributed by atoms with Gasteiger partial charge in [0, 0.05) is 0 Å². The Morgan fingerprint density at radius 3 is 2.09 bits per heavy atom. The van der Waals surface area contributed by atoms with Crippen LogP contribution in [0.15, 0.2) is 11.4 Å². The molecule has 0 bridgehead atoms. The maximum Gasteiger partial charge on any atom is 0.427 e. The highest BCUT2D eigenvalue weighted by molar-refractivity contribution is 8.93. The Bertz CT molecular complexity index is 232. The van der Waals surface area contributed by atoms with Gasteiger partial charge in [-0.05, 0) is 11.4 Å². The van der Waals surface area contributed by atoms with Crippen molar-refractivity contribution in [3.8, 4) is 0 Å². The molecule has 0 aliphatic carbocycles. The lowest BCUT2D eigenvalue weighted by Gasteiger charge is -2.02. The number of nitrogen functional groups attached to an aromatic ring is 1. The molecule has 0 aliphatic heterocycles. The molecule has 2 N–H and O–H groups in total. The zero-order valence-corrected chi connectivity index (χ0v) is 7.71. The molecular formula is C5H5BrF3NS. The van der Waals surface area contributed by atoms with Gasteiger partial charge in [0.05, 0.1) is 5.69 Å². The van der Waals surface area contributed by atoms with Crippen LogP contribution in [0.4, 0.5) is 18.9 Å². The van der Waals surface area contributed by atoms with Gasteiger partial charge in [0.15, 0.2) is 0 Å². The second kappa shape index (κ2) is 3.44. The Kier molecular flexibility index (Phi) is 3.37. The number of rotatable bonds is 0. The summed E-state index contributed by atoms with van der Waals surface area (Å²) >= 11 is 0.606. The molecule has 1 heterocycles. The number of anilines is 1. The Morgan fingerprint density at radius 2 is 1.91 bits per heavy atom. The van der Waals surface area contributed by atoms with Crippen LogP contribution >= 0.6 is 28.3 Å². The summed E-state index contributed by atoms with van der Waals surface area (Å²) in [6.45, 7) is 0. The summed E-state index contributed by atoms with van der Waals surface area (Å²) < 4.78 is 35.4. The minimum atomic E-state index is -4.29. The third-order valence-corrected chi connectivity index (χ3v) is 1.93. The van der Waals surface area contributed by atoms with E-state index in [0.29, 0.717) is 11.3 Å². The van der Waals surface area contributed by atoms with Gasteiger partial charge in [-0.1, -0.05) is 0 Å². The van der Waals surface area contributed by atoms with E-state index in [-0.39, 0.29) is 22.7 Å². The highest BCUT2D eigenvalue weighted by Gasteiger charge is 2.34. The zero-order valence-electron chi connectivity index (χ0n) is 5.18. The molecule has 0 saturated heterocycles. The number of nitrogens with two attached hydrogens (primary N) is 1. The average Bonchev–Trinajstić information content (AvgIpc) is 2.11. The standard InChI is InChI=1S/C5H4F3NS.BrH/c6-5(7,8)4-3(9)1-2-10-4;/h1-2H,9H2;1H. The van der Waals surface area contributed by atoms with Crippen molar-refractivity contribution < 1.29 is 13.2 Å². The fourth-order valence-electron chi connectivity index (χ4n) is 0.550. The topological polar surface area (TPSA) is 26.0 Å². The molecule has 1 aromatic heterocycles. The molecule has 0 radical (unpaired) electrons. The molecule has 64 valence electrons. The van der Waals surface area contributed by atoms with E-state index < -0.39 is 11.1 Å². The van der Waals surface area contributed by atoms with E-state index in [0.717, 1.165) is 0 Å². The lowest BCUT2D eigenvalue weighted by atomic mass is 10.4. The van der Waals surface area contributed by atoms with Crippen molar-refractivity contribution >= 4 is 34.0 Å². The van der Waals surface area contributed by atoms with Gasteiger partial charge in [0.25, 0.3) is 0 Å². The number of halogens is 4. The number of thiophene rings is 1. The Labute approximate surface area is 75.8 Å². The highest BCUT2D eigenvalue weighted by atomic mass is 79.9. The van der Waals surface area contributed by atoms with Gasteiger partial charge >= 0.3 is 6.18 Å². The molecule has 6 heteroatoms. The van der Waals surface area contributed by atoms with Crippen LogP contribution in [-0.4, -0.2) is 0 Å². The van der Waals surface area contributed by atoms with Gasteiger partial charge in [-0.3, -0.25) is 0 Å². The minimum absolute atomic E-state index is 0. The molecule has 0 amide bonds. The van der Waals surface area contributed by atoms with E-state index in [1.807, 2.05) is 0 Å².